The Kier molecular flexibility index (Phi) is 3.71. The summed E-state index contributed by atoms with van der Waals surface area (Å²) in [5.41, 5.74) is 0.374. The molecular weight excluding hydrogens is 267 g/mol. The average molecular weight is 277 g/mol. The summed E-state index contributed by atoms with van der Waals surface area (Å²) in [5.74, 6) is 0. The first-order valence-corrected chi connectivity index (χ1v) is 5.89. The van der Waals surface area contributed by atoms with Crippen molar-refractivity contribution in [1.29, 1.82) is 0 Å². The zero-order valence-electron chi connectivity index (χ0n) is 8.86. The molecule has 2 rings (SSSR count). The van der Waals surface area contributed by atoms with Gasteiger partial charge in [0.1, 0.15) is 5.69 Å². The molecule has 1 heterocycles. The molecule has 1 fully saturated rings. The zero-order valence-corrected chi connectivity index (χ0v) is 10.4. The minimum atomic E-state index is -0.529. The monoisotopic (exact) mass is 276 g/mol. The van der Waals surface area contributed by atoms with E-state index in [1.54, 1.807) is 5.06 Å². The fourth-order valence-corrected chi connectivity index (χ4v) is 2.33. The second-order valence-corrected chi connectivity index (χ2v) is 4.47. The van der Waals surface area contributed by atoms with E-state index in [-0.39, 0.29) is 15.7 Å². The van der Waals surface area contributed by atoms with E-state index in [0.29, 0.717) is 18.8 Å². The molecule has 7 heteroatoms. The fourth-order valence-electron chi connectivity index (χ4n) is 1.67. The Hall–Kier alpha value is -1.04. The third kappa shape index (κ3) is 2.62. The molecule has 5 nitrogen and oxygen atoms in total. The van der Waals surface area contributed by atoms with Crippen LogP contribution in [0.1, 0.15) is 12.8 Å². The Balaban J connectivity index is 2.37. The van der Waals surface area contributed by atoms with E-state index in [2.05, 4.69) is 0 Å². The van der Waals surface area contributed by atoms with E-state index in [0.717, 1.165) is 12.8 Å². The van der Waals surface area contributed by atoms with Crippen molar-refractivity contribution >= 4 is 34.6 Å². The molecular formula is C10H10Cl2N2O3. The fraction of sp³-hybridized carbons (Fsp3) is 0.400. The molecule has 1 aliphatic rings. The summed E-state index contributed by atoms with van der Waals surface area (Å²) < 4.78 is 0. The molecule has 0 aliphatic carbocycles. The van der Waals surface area contributed by atoms with Gasteiger partial charge in [-0.2, -0.15) is 0 Å². The van der Waals surface area contributed by atoms with Gasteiger partial charge in [-0.15, -0.1) is 0 Å². The van der Waals surface area contributed by atoms with E-state index in [1.165, 1.54) is 12.1 Å². The van der Waals surface area contributed by atoms with Crippen LogP contribution in [-0.2, 0) is 4.84 Å². The van der Waals surface area contributed by atoms with Crippen LogP contribution in [-0.4, -0.2) is 18.1 Å². The molecule has 92 valence electrons. The topological polar surface area (TPSA) is 55.6 Å². The van der Waals surface area contributed by atoms with Crippen LogP contribution < -0.4 is 5.06 Å². The molecule has 0 unspecified atom stereocenters. The lowest BCUT2D eigenvalue weighted by Gasteiger charge is -2.29. The smallest absolute Gasteiger partial charge is 0.272 e. The van der Waals surface area contributed by atoms with Gasteiger partial charge in [0.25, 0.3) is 5.69 Å². The molecule has 0 atom stereocenters. The minimum absolute atomic E-state index is 0.124. The van der Waals surface area contributed by atoms with Gasteiger partial charge in [0.2, 0.25) is 0 Å². The maximum Gasteiger partial charge on any atom is 0.272 e. The highest BCUT2D eigenvalue weighted by atomic mass is 35.5. The molecule has 17 heavy (non-hydrogen) atoms. The molecule has 1 aromatic rings. The normalized spacial score (nSPS) is 16.0. The van der Waals surface area contributed by atoms with Crippen molar-refractivity contribution in [2.45, 2.75) is 12.8 Å². The Bertz CT molecular complexity index is 424. The largest absolute Gasteiger partial charge is 0.273 e. The Morgan fingerprint density at radius 1 is 1.29 bits per heavy atom. The number of nitrogens with zero attached hydrogens (tertiary/aromatic N) is 2. The van der Waals surface area contributed by atoms with Crippen molar-refractivity contribution in [3.05, 3.63) is 32.3 Å². The van der Waals surface area contributed by atoms with Crippen LogP contribution in [0.3, 0.4) is 0 Å². The maximum absolute atomic E-state index is 10.6. The molecule has 1 saturated heterocycles. The SMILES string of the molecule is O=[N+]([O-])c1cc(Cl)c(N2CCCCO2)c(Cl)c1. The third-order valence-electron chi connectivity index (χ3n) is 2.46. The number of halogens is 2. The highest BCUT2D eigenvalue weighted by Crippen LogP contribution is 2.38. The molecule has 0 N–H and O–H groups in total. The van der Waals surface area contributed by atoms with Crippen molar-refractivity contribution in [3.63, 3.8) is 0 Å². The van der Waals surface area contributed by atoms with Crippen molar-refractivity contribution < 1.29 is 9.76 Å². The maximum atomic E-state index is 10.6. The summed E-state index contributed by atoms with van der Waals surface area (Å²) in [6.45, 7) is 1.28. The number of nitro groups is 1. The van der Waals surface area contributed by atoms with Crippen LogP contribution in [0.5, 0.6) is 0 Å². The van der Waals surface area contributed by atoms with Crippen LogP contribution in [0.4, 0.5) is 11.4 Å². The first kappa shape index (κ1) is 12.4. The molecule has 0 amide bonds. The van der Waals surface area contributed by atoms with Crippen molar-refractivity contribution in [2.24, 2.45) is 0 Å². The Morgan fingerprint density at radius 2 is 1.94 bits per heavy atom. The molecule has 0 aromatic heterocycles. The summed E-state index contributed by atoms with van der Waals surface area (Å²) >= 11 is 12.0. The molecule has 1 aromatic carbocycles. The van der Waals surface area contributed by atoms with Gasteiger partial charge in [-0.25, -0.2) is 0 Å². The number of hydrogen-bond acceptors (Lipinski definition) is 4. The van der Waals surface area contributed by atoms with Gasteiger partial charge in [-0.1, -0.05) is 23.2 Å². The van der Waals surface area contributed by atoms with Crippen LogP contribution in [0.15, 0.2) is 12.1 Å². The average Bonchev–Trinajstić information content (AvgIpc) is 2.29. The second-order valence-electron chi connectivity index (χ2n) is 3.66. The summed E-state index contributed by atoms with van der Waals surface area (Å²) in [5, 5.41) is 12.7. The lowest BCUT2D eigenvalue weighted by atomic mass is 10.2. The molecule has 1 aliphatic heterocycles. The van der Waals surface area contributed by atoms with E-state index < -0.39 is 4.92 Å². The quantitative estimate of drug-likeness (QED) is 0.613. The van der Waals surface area contributed by atoms with Gasteiger partial charge < -0.3 is 0 Å². The van der Waals surface area contributed by atoms with Gasteiger partial charge in [0.15, 0.2) is 0 Å². The molecule has 0 saturated carbocycles. The zero-order chi connectivity index (χ0) is 12.4. The standard InChI is InChI=1S/C10H10Cl2N2O3/c11-8-5-7(14(15)16)6-9(12)10(8)13-3-1-2-4-17-13/h5-6H,1-4H2. The predicted molar refractivity (Wildman–Crippen MR) is 65.6 cm³/mol. The summed E-state index contributed by atoms with van der Waals surface area (Å²) in [6.07, 6.45) is 1.96. The molecule has 0 bridgehead atoms. The van der Waals surface area contributed by atoms with Gasteiger partial charge in [-0.05, 0) is 12.8 Å². The predicted octanol–water partition coefficient (Wildman–Crippen LogP) is 3.43. The highest BCUT2D eigenvalue weighted by Gasteiger charge is 2.21. The number of hydrogen-bond donors (Lipinski definition) is 0. The first-order chi connectivity index (χ1) is 8.09. The number of nitro benzene ring substituents is 1. The van der Waals surface area contributed by atoms with Gasteiger partial charge in [-0.3, -0.25) is 20.0 Å². The van der Waals surface area contributed by atoms with Crippen molar-refractivity contribution in [2.75, 3.05) is 18.2 Å². The summed E-state index contributed by atoms with van der Waals surface area (Å²) in [7, 11) is 0. The molecule has 0 spiro atoms. The van der Waals surface area contributed by atoms with Gasteiger partial charge in [0.05, 0.1) is 21.6 Å². The molecule has 0 radical (unpaired) electrons. The number of benzene rings is 1. The lowest BCUT2D eigenvalue weighted by Crippen LogP contribution is -2.30. The van der Waals surface area contributed by atoms with E-state index >= 15 is 0 Å². The Morgan fingerprint density at radius 3 is 2.41 bits per heavy atom. The first-order valence-electron chi connectivity index (χ1n) is 5.13. The second kappa shape index (κ2) is 5.08. The van der Waals surface area contributed by atoms with Crippen LogP contribution in [0.2, 0.25) is 10.0 Å². The van der Waals surface area contributed by atoms with Crippen LogP contribution in [0, 0.1) is 10.1 Å². The van der Waals surface area contributed by atoms with E-state index in [4.69, 9.17) is 28.0 Å². The number of anilines is 1. The van der Waals surface area contributed by atoms with Gasteiger partial charge in [0, 0.05) is 18.7 Å². The number of rotatable bonds is 2. The summed E-state index contributed by atoms with van der Waals surface area (Å²) in [4.78, 5) is 15.5. The Labute approximate surface area is 108 Å². The number of non-ortho nitro benzene ring substituents is 1. The van der Waals surface area contributed by atoms with Crippen LogP contribution in [0.25, 0.3) is 0 Å². The van der Waals surface area contributed by atoms with Crippen molar-refractivity contribution in [3.8, 4) is 0 Å². The van der Waals surface area contributed by atoms with Crippen molar-refractivity contribution in [1.82, 2.24) is 0 Å². The highest BCUT2D eigenvalue weighted by molar-refractivity contribution is 6.39. The minimum Gasteiger partial charge on any atom is -0.273 e. The number of hydroxylamine groups is 1. The summed E-state index contributed by atoms with van der Waals surface area (Å²) in [6, 6.07) is 2.56. The third-order valence-corrected chi connectivity index (χ3v) is 3.04. The van der Waals surface area contributed by atoms with E-state index in [9.17, 15) is 10.1 Å². The van der Waals surface area contributed by atoms with Gasteiger partial charge >= 0.3 is 0 Å². The lowest BCUT2D eigenvalue weighted by molar-refractivity contribution is -0.384. The van der Waals surface area contributed by atoms with Crippen LogP contribution >= 0.6 is 23.2 Å². The van der Waals surface area contributed by atoms with E-state index in [1.807, 2.05) is 0 Å².